The van der Waals surface area contributed by atoms with Crippen molar-refractivity contribution in [3.8, 4) is 28.4 Å². The minimum absolute atomic E-state index is 0.116. The molecule has 0 saturated heterocycles. The highest BCUT2D eigenvalue weighted by Gasteiger charge is 2.21. The molecule has 0 saturated carbocycles. The molecule has 37 heavy (non-hydrogen) atoms. The maximum Gasteiger partial charge on any atom is 0.342 e. The van der Waals surface area contributed by atoms with Crippen molar-refractivity contribution in [1.82, 2.24) is 19.7 Å². The van der Waals surface area contributed by atoms with Gasteiger partial charge in [-0.1, -0.05) is 54.1 Å². The lowest BCUT2D eigenvalue weighted by molar-refractivity contribution is -0.131. The fourth-order valence-corrected chi connectivity index (χ4v) is 5.18. The molecular formula is C28H23ClN4O3S. The molecule has 186 valence electrons. The maximum atomic E-state index is 12.5. The quantitative estimate of drug-likeness (QED) is 0.166. The highest BCUT2D eigenvalue weighted by atomic mass is 35.5. The lowest BCUT2D eigenvalue weighted by Crippen LogP contribution is -2.03. The van der Waals surface area contributed by atoms with Crippen LogP contribution in [0.25, 0.3) is 39.6 Å². The van der Waals surface area contributed by atoms with Crippen LogP contribution < -0.4 is 4.74 Å². The van der Waals surface area contributed by atoms with E-state index in [-0.39, 0.29) is 4.91 Å². The summed E-state index contributed by atoms with van der Waals surface area (Å²) in [6.07, 6.45) is 1.68. The van der Waals surface area contributed by atoms with Gasteiger partial charge in [0, 0.05) is 28.1 Å². The van der Waals surface area contributed by atoms with Crippen LogP contribution in [-0.2, 0) is 11.3 Å². The minimum atomic E-state index is -1.06. The van der Waals surface area contributed by atoms with Crippen molar-refractivity contribution in [3.63, 3.8) is 0 Å². The fourth-order valence-electron chi connectivity index (χ4n) is 4.19. The van der Waals surface area contributed by atoms with E-state index >= 15 is 0 Å². The largest absolute Gasteiger partial charge is 0.495 e. The van der Waals surface area contributed by atoms with Gasteiger partial charge in [-0.05, 0) is 60.7 Å². The number of hydrogen-bond acceptors (Lipinski definition) is 5. The Morgan fingerprint density at radius 3 is 2.49 bits per heavy atom. The second-order valence-electron chi connectivity index (χ2n) is 8.14. The number of carboxylic acid groups (broad SMARTS) is 1. The minimum Gasteiger partial charge on any atom is -0.495 e. The molecule has 2 heterocycles. The normalized spacial score (nSPS) is 11.7. The van der Waals surface area contributed by atoms with Crippen molar-refractivity contribution < 1.29 is 14.6 Å². The van der Waals surface area contributed by atoms with E-state index in [0.29, 0.717) is 28.3 Å². The number of thioether (sulfide) groups is 1. The molecule has 9 heteroatoms. The number of nitrogens with one attached hydrogen (secondary N) is 1. The molecule has 0 bridgehead atoms. The van der Waals surface area contributed by atoms with E-state index in [1.54, 1.807) is 25.3 Å². The third-order valence-electron chi connectivity index (χ3n) is 5.94. The number of benzene rings is 3. The lowest BCUT2D eigenvalue weighted by atomic mass is 10.0. The molecule has 2 aromatic heterocycles. The van der Waals surface area contributed by atoms with Gasteiger partial charge < -0.3 is 19.4 Å². The van der Waals surface area contributed by atoms with Crippen molar-refractivity contribution in [1.29, 1.82) is 0 Å². The number of carboxylic acids is 1. The number of rotatable bonds is 8. The second-order valence-corrected chi connectivity index (χ2v) is 9.58. The number of methoxy groups -OCH3 is 1. The number of hydrogen-bond donors (Lipinski definition) is 2. The van der Waals surface area contributed by atoms with E-state index < -0.39 is 5.97 Å². The van der Waals surface area contributed by atoms with Crippen LogP contribution in [0.3, 0.4) is 0 Å². The fraction of sp³-hybridized carbons (Fsp3) is 0.107. The molecule has 0 fully saturated rings. The molecule has 0 amide bonds. The first-order valence-corrected chi connectivity index (χ1v) is 12.8. The SMILES string of the molecule is CCn1c(S/C(=C\c2c(-c3ccccc3)[nH]c3c(OC)cccc23)C(=O)O)nnc1-c1ccc(Cl)cc1. The van der Waals surface area contributed by atoms with Gasteiger partial charge in [-0.25, -0.2) is 4.79 Å². The van der Waals surface area contributed by atoms with Gasteiger partial charge >= 0.3 is 5.97 Å². The first kappa shape index (κ1) is 24.7. The standard InChI is InChI=1S/C28H23ClN4O3S/c1-3-33-26(18-12-14-19(29)15-13-18)31-32-28(33)37-23(27(34)35)16-21-20-10-7-11-22(36-2)25(20)30-24(21)17-8-5-4-6-9-17/h4-16,30H,3H2,1-2H3,(H,34,35)/b23-16-. The number of fused-ring (bicyclic) bond motifs is 1. The van der Waals surface area contributed by atoms with E-state index in [2.05, 4.69) is 15.2 Å². The van der Waals surface area contributed by atoms with Crippen LogP contribution >= 0.6 is 23.4 Å². The van der Waals surface area contributed by atoms with Crippen LogP contribution in [-0.4, -0.2) is 37.9 Å². The van der Waals surface area contributed by atoms with Gasteiger partial charge in [0.2, 0.25) is 0 Å². The summed E-state index contributed by atoms with van der Waals surface area (Å²) in [6, 6.07) is 22.8. The number of halogens is 1. The average molecular weight is 531 g/mol. The molecule has 0 aliphatic heterocycles. The van der Waals surface area contributed by atoms with Crippen molar-refractivity contribution in [3.05, 3.63) is 88.3 Å². The van der Waals surface area contributed by atoms with E-state index in [1.807, 2.05) is 72.2 Å². The Kier molecular flexibility index (Phi) is 7.03. The zero-order valence-corrected chi connectivity index (χ0v) is 21.7. The van der Waals surface area contributed by atoms with Gasteiger partial charge in [0.1, 0.15) is 10.7 Å². The molecular weight excluding hydrogens is 508 g/mol. The Hall–Kier alpha value is -4.01. The van der Waals surface area contributed by atoms with Crippen molar-refractivity contribution in [2.24, 2.45) is 0 Å². The summed E-state index contributed by atoms with van der Waals surface area (Å²) in [7, 11) is 1.61. The Balaban J connectivity index is 1.63. The van der Waals surface area contributed by atoms with Gasteiger partial charge in [0.05, 0.1) is 18.3 Å². The number of nitrogens with zero attached hydrogens (tertiary/aromatic N) is 3. The number of aliphatic carboxylic acids is 1. The van der Waals surface area contributed by atoms with Crippen molar-refractivity contribution >= 4 is 46.3 Å². The third kappa shape index (κ3) is 4.85. The predicted octanol–water partition coefficient (Wildman–Crippen LogP) is 6.99. The van der Waals surface area contributed by atoms with Crippen LogP contribution in [0, 0.1) is 0 Å². The number of H-pyrrole nitrogens is 1. The predicted molar refractivity (Wildman–Crippen MR) is 148 cm³/mol. The molecule has 0 unspecified atom stereocenters. The van der Waals surface area contributed by atoms with Gasteiger partial charge in [-0.3, -0.25) is 0 Å². The smallest absolute Gasteiger partial charge is 0.342 e. The molecule has 0 aliphatic rings. The van der Waals surface area contributed by atoms with Gasteiger partial charge in [-0.2, -0.15) is 0 Å². The Morgan fingerprint density at radius 2 is 1.81 bits per heavy atom. The molecule has 0 spiro atoms. The summed E-state index contributed by atoms with van der Waals surface area (Å²) in [5.41, 5.74) is 4.14. The number of aromatic amines is 1. The summed E-state index contributed by atoms with van der Waals surface area (Å²) >= 11 is 7.10. The molecule has 7 nitrogen and oxygen atoms in total. The highest BCUT2D eigenvalue weighted by Crippen LogP contribution is 2.38. The molecule has 5 aromatic rings. The lowest BCUT2D eigenvalue weighted by Gasteiger charge is -2.08. The summed E-state index contributed by atoms with van der Waals surface area (Å²) < 4.78 is 7.45. The zero-order valence-electron chi connectivity index (χ0n) is 20.1. The molecule has 2 N–H and O–H groups in total. The second kappa shape index (κ2) is 10.5. The summed E-state index contributed by atoms with van der Waals surface area (Å²) in [4.78, 5) is 16.0. The van der Waals surface area contributed by atoms with Crippen LogP contribution in [0.5, 0.6) is 5.75 Å². The summed E-state index contributed by atoms with van der Waals surface area (Å²) in [5, 5.41) is 20.8. The van der Waals surface area contributed by atoms with Gasteiger partial charge in [0.15, 0.2) is 11.0 Å². The first-order chi connectivity index (χ1) is 18.0. The van der Waals surface area contributed by atoms with Crippen molar-refractivity contribution in [2.75, 3.05) is 7.11 Å². The number of carbonyl (C=O) groups is 1. The number of para-hydroxylation sites is 1. The molecule has 0 aliphatic carbocycles. The van der Waals surface area contributed by atoms with Crippen molar-refractivity contribution in [2.45, 2.75) is 18.6 Å². The number of aromatic nitrogens is 4. The topological polar surface area (TPSA) is 93.0 Å². The van der Waals surface area contributed by atoms with E-state index in [0.717, 1.165) is 45.0 Å². The Labute approximate surface area is 222 Å². The van der Waals surface area contributed by atoms with E-state index in [1.165, 1.54) is 0 Å². The van der Waals surface area contributed by atoms with Crippen LogP contribution in [0.15, 0.2) is 82.9 Å². The highest BCUT2D eigenvalue weighted by molar-refractivity contribution is 8.04. The van der Waals surface area contributed by atoms with Crippen LogP contribution in [0.4, 0.5) is 0 Å². The Morgan fingerprint density at radius 1 is 1.05 bits per heavy atom. The summed E-state index contributed by atoms with van der Waals surface area (Å²) in [6.45, 7) is 2.54. The molecule has 3 aromatic carbocycles. The molecule has 0 atom stereocenters. The van der Waals surface area contributed by atoms with Gasteiger partial charge in [0.25, 0.3) is 0 Å². The molecule has 0 radical (unpaired) electrons. The van der Waals surface area contributed by atoms with E-state index in [9.17, 15) is 9.90 Å². The zero-order chi connectivity index (χ0) is 25.9. The first-order valence-electron chi connectivity index (χ1n) is 11.6. The molecule has 5 rings (SSSR count). The van der Waals surface area contributed by atoms with Gasteiger partial charge in [-0.15, -0.1) is 10.2 Å². The van der Waals surface area contributed by atoms with Crippen LogP contribution in [0.2, 0.25) is 5.02 Å². The third-order valence-corrected chi connectivity index (χ3v) is 7.19. The maximum absolute atomic E-state index is 12.5. The summed E-state index contributed by atoms with van der Waals surface area (Å²) in [5.74, 6) is 0.269. The monoisotopic (exact) mass is 530 g/mol. The van der Waals surface area contributed by atoms with E-state index in [4.69, 9.17) is 16.3 Å². The number of ether oxygens (including phenoxy) is 1. The van der Waals surface area contributed by atoms with Crippen LogP contribution in [0.1, 0.15) is 12.5 Å². The Bertz CT molecular complexity index is 1610. The average Bonchev–Trinajstić information content (AvgIpc) is 3.50.